The van der Waals surface area contributed by atoms with E-state index in [0.717, 1.165) is 11.1 Å². The van der Waals surface area contributed by atoms with Crippen LogP contribution in [0.25, 0.3) is 11.3 Å². The fourth-order valence-corrected chi connectivity index (χ4v) is 3.02. The zero-order chi connectivity index (χ0) is 20.6. The van der Waals surface area contributed by atoms with E-state index in [1.54, 1.807) is 23.0 Å². The highest BCUT2D eigenvalue weighted by molar-refractivity contribution is 6.30. The lowest BCUT2D eigenvalue weighted by molar-refractivity contribution is -0.140. The van der Waals surface area contributed by atoms with Gasteiger partial charge in [0.1, 0.15) is 5.69 Å². The van der Waals surface area contributed by atoms with E-state index in [9.17, 15) is 9.59 Å². The van der Waals surface area contributed by atoms with Gasteiger partial charge in [-0.05, 0) is 24.1 Å². The highest BCUT2D eigenvalue weighted by Crippen LogP contribution is 2.24. The zero-order valence-electron chi connectivity index (χ0n) is 16.1. The van der Waals surface area contributed by atoms with E-state index >= 15 is 0 Å². The molecule has 0 unspecified atom stereocenters. The lowest BCUT2D eigenvalue weighted by Crippen LogP contribution is -2.25. The Hall–Kier alpha value is -3.12. The minimum atomic E-state index is -0.295. The number of hydrogen-bond donors (Lipinski definition) is 1. The van der Waals surface area contributed by atoms with Gasteiger partial charge in [0, 0.05) is 29.7 Å². The maximum Gasteiger partial charge on any atom is 0.305 e. The summed E-state index contributed by atoms with van der Waals surface area (Å²) < 4.78 is 6.37. The molecule has 0 aliphatic rings. The molecule has 1 aromatic heterocycles. The van der Waals surface area contributed by atoms with Crippen molar-refractivity contribution in [3.05, 3.63) is 76.9 Å². The Morgan fingerprint density at radius 2 is 1.83 bits per heavy atom. The number of rotatable bonds is 8. The number of methoxy groups -OCH3 is 1. The van der Waals surface area contributed by atoms with Gasteiger partial charge in [-0.1, -0.05) is 54.1 Å². The summed E-state index contributed by atoms with van der Waals surface area (Å²) in [5.41, 5.74) is 2.95. The molecule has 0 aliphatic heterocycles. The Balaban J connectivity index is 1.80. The molecule has 0 saturated heterocycles. The molecule has 0 bridgehead atoms. The molecule has 6 nitrogen and oxygen atoms in total. The SMILES string of the molecule is COC(=O)CCCNC(=O)c1cn(Cc2ccccc2)nc1-c1ccc(Cl)cc1. The second-order valence-electron chi connectivity index (χ2n) is 6.52. The van der Waals surface area contributed by atoms with Gasteiger partial charge in [-0.2, -0.15) is 5.10 Å². The molecule has 3 rings (SSSR count). The van der Waals surface area contributed by atoms with Crippen molar-refractivity contribution >= 4 is 23.5 Å². The lowest BCUT2D eigenvalue weighted by atomic mass is 10.1. The Bertz CT molecular complexity index is 969. The summed E-state index contributed by atoms with van der Waals surface area (Å²) in [7, 11) is 1.35. The van der Waals surface area contributed by atoms with E-state index < -0.39 is 0 Å². The molecule has 150 valence electrons. The summed E-state index contributed by atoms with van der Waals surface area (Å²) in [5.74, 6) is -0.532. The standard InChI is InChI=1S/C22H22ClN3O3/c1-29-20(27)8-5-13-24-22(28)19-15-26(14-16-6-3-2-4-7-16)25-21(19)17-9-11-18(23)12-10-17/h2-4,6-7,9-12,15H,5,8,13-14H2,1H3,(H,24,28). The van der Waals surface area contributed by atoms with Crippen molar-refractivity contribution in [3.63, 3.8) is 0 Å². The summed E-state index contributed by atoms with van der Waals surface area (Å²) in [6.07, 6.45) is 2.51. The number of hydrogen-bond acceptors (Lipinski definition) is 4. The van der Waals surface area contributed by atoms with Gasteiger partial charge < -0.3 is 10.1 Å². The van der Waals surface area contributed by atoms with Crippen LogP contribution in [0.4, 0.5) is 0 Å². The predicted octanol–water partition coefficient (Wildman–Crippen LogP) is 3.93. The zero-order valence-corrected chi connectivity index (χ0v) is 16.9. The molecule has 3 aromatic rings. The summed E-state index contributed by atoms with van der Waals surface area (Å²) in [6.45, 7) is 0.926. The normalized spacial score (nSPS) is 10.6. The van der Waals surface area contributed by atoms with Crippen molar-refractivity contribution in [2.75, 3.05) is 13.7 Å². The molecule has 0 radical (unpaired) electrons. The lowest BCUT2D eigenvalue weighted by Gasteiger charge is -2.05. The fraction of sp³-hybridized carbons (Fsp3) is 0.227. The van der Waals surface area contributed by atoms with Crippen LogP contribution in [0.2, 0.25) is 5.02 Å². The van der Waals surface area contributed by atoms with Crippen LogP contribution < -0.4 is 5.32 Å². The van der Waals surface area contributed by atoms with Gasteiger partial charge in [0.15, 0.2) is 0 Å². The highest BCUT2D eigenvalue weighted by atomic mass is 35.5. The highest BCUT2D eigenvalue weighted by Gasteiger charge is 2.18. The van der Waals surface area contributed by atoms with Crippen LogP contribution in [0.15, 0.2) is 60.8 Å². The molecule has 0 saturated carbocycles. The third-order valence-corrected chi connectivity index (χ3v) is 4.63. The Kier molecular flexibility index (Phi) is 7.03. The van der Waals surface area contributed by atoms with Crippen LogP contribution in [0.3, 0.4) is 0 Å². The molecule has 2 aromatic carbocycles. The minimum absolute atomic E-state index is 0.237. The summed E-state index contributed by atoms with van der Waals surface area (Å²) in [6, 6.07) is 17.1. The Labute approximate surface area is 174 Å². The number of aromatic nitrogens is 2. The van der Waals surface area contributed by atoms with E-state index in [4.69, 9.17) is 11.6 Å². The molecule has 0 aliphatic carbocycles. The van der Waals surface area contributed by atoms with E-state index in [2.05, 4.69) is 15.2 Å². The number of nitrogens with one attached hydrogen (secondary N) is 1. The number of benzene rings is 2. The van der Waals surface area contributed by atoms with Crippen LogP contribution in [0, 0.1) is 0 Å². The molecular formula is C22H22ClN3O3. The molecule has 0 spiro atoms. The third-order valence-electron chi connectivity index (χ3n) is 4.38. The Morgan fingerprint density at radius 1 is 1.10 bits per heavy atom. The smallest absolute Gasteiger partial charge is 0.305 e. The number of amides is 1. The molecule has 1 amide bonds. The second-order valence-corrected chi connectivity index (χ2v) is 6.95. The number of halogens is 1. The van der Waals surface area contributed by atoms with Crippen molar-refractivity contribution in [2.45, 2.75) is 19.4 Å². The van der Waals surface area contributed by atoms with Gasteiger partial charge in [0.2, 0.25) is 0 Å². The van der Waals surface area contributed by atoms with Gasteiger partial charge in [-0.3, -0.25) is 14.3 Å². The first-order valence-electron chi connectivity index (χ1n) is 9.29. The van der Waals surface area contributed by atoms with Crippen LogP contribution in [0.5, 0.6) is 0 Å². The van der Waals surface area contributed by atoms with E-state index in [-0.39, 0.29) is 18.3 Å². The quantitative estimate of drug-likeness (QED) is 0.450. The average molecular weight is 412 g/mol. The Morgan fingerprint density at radius 3 is 2.52 bits per heavy atom. The summed E-state index contributed by atoms with van der Waals surface area (Å²) >= 11 is 5.99. The molecule has 29 heavy (non-hydrogen) atoms. The maximum absolute atomic E-state index is 12.8. The van der Waals surface area contributed by atoms with Gasteiger partial charge >= 0.3 is 5.97 Å². The monoisotopic (exact) mass is 411 g/mol. The van der Waals surface area contributed by atoms with Gasteiger partial charge in [-0.25, -0.2) is 0 Å². The summed E-state index contributed by atoms with van der Waals surface area (Å²) in [4.78, 5) is 24.0. The van der Waals surface area contributed by atoms with Gasteiger partial charge in [0.05, 0.1) is 19.2 Å². The molecule has 0 fully saturated rings. The van der Waals surface area contributed by atoms with Crippen molar-refractivity contribution in [3.8, 4) is 11.3 Å². The molecular weight excluding hydrogens is 390 g/mol. The first-order valence-corrected chi connectivity index (χ1v) is 9.67. The first-order chi connectivity index (χ1) is 14.1. The van der Waals surface area contributed by atoms with Gasteiger partial charge in [-0.15, -0.1) is 0 Å². The van der Waals surface area contributed by atoms with E-state index in [1.165, 1.54) is 7.11 Å². The number of carbonyl (C=O) groups excluding carboxylic acids is 2. The number of carbonyl (C=O) groups is 2. The van der Waals surface area contributed by atoms with Crippen LogP contribution >= 0.6 is 11.6 Å². The van der Waals surface area contributed by atoms with Crippen molar-refractivity contribution < 1.29 is 14.3 Å². The molecule has 0 atom stereocenters. The largest absolute Gasteiger partial charge is 0.469 e. The van der Waals surface area contributed by atoms with Crippen LogP contribution in [-0.4, -0.2) is 35.3 Å². The van der Waals surface area contributed by atoms with E-state index in [0.29, 0.717) is 35.8 Å². The van der Waals surface area contributed by atoms with Crippen molar-refractivity contribution in [2.24, 2.45) is 0 Å². The van der Waals surface area contributed by atoms with E-state index in [1.807, 2.05) is 42.5 Å². The first kappa shape index (κ1) is 20.6. The molecule has 7 heteroatoms. The number of ether oxygens (including phenoxy) is 1. The van der Waals surface area contributed by atoms with Crippen LogP contribution in [0.1, 0.15) is 28.8 Å². The maximum atomic E-state index is 12.8. The predicted molar refractivity (Wildman–Crippen MR) is 112 cm³/mol. The summed E-state index contributed by atoms with van der Waals surface area (Å²) in [5, 5.41) is 8.10. The molecule has 1 N–H and O–H groups in total. The van der Waals surface area contributed by atoms with Crippen molar-refractivity contribution in [1.29, 1.82) is 0 Å². The second kappa shape index (κ2) is 9.89. The molecule has 1 heterocycles. The third kappa shape index (κ3) is 5.68. The van der Waals surface area contributed by atoms with Gasteiger partial charge in [0.25, 0.3) is 5.91 Å². The minimum Gasteiger partial charge on any atom is -0.469 e. The topological polar surface area (TPSA) is 73.2 Å². The fourth-order valence-electron chi connectivity index (χ4n) is 2.89. The number of nitrogens with zero attached hydrogens (tertiary/aromatic N) is 2. The van der Waals surface area contributed by atoms with Crippen LogP contribution in [-0.2, 0) is 16.1 Å². The number of esters is 1. The average Bonchev–Trinajstić information content (AvgIpc) is 3.16. The van der Waals surface area contributed by atoms with Crippen molar-refractivity contribution in [1.82, 2.24) is 15.1 Å².